The lowest BCUT2D eigenvalue weighted by Crippen LogP contribution is -2.27. The van der Waals surface area contributed by atoms with E-state index in [4.69, 9.17) is 22.3 Å². The highest BCUT2D eigenvalue weighted by atomic mass is 35.7. The molecular formula is C11H10Cl2FNO3S. The van der Waals surface area contributed by atoms with Gasteiger partial charge in [0, 0.05) is 16.7 Å². The molecule has 0 heterocycles. The summed E-state index contributed by atoms with van der Waals surface area (Å²) < 4.78 is 35.9. The first-order valence-corrected chi connectivity index (χ1v) is 8.13. The molecule has 1 amide bonds. The fourth-order valence-electron chi connectivity index (χ4n) is 1.64. The molecule has 1 fully saturated rings. The van der Waals surface area contributed by atoms with E-state index >= 15 is 0 Å². The zero-order valence-electron chi connectivity index (χ0n) is 9.78. The number of hydrogen-bond acceptors (Lipinski definition) is 3. The van der Waals surface area contributed by atoms with Crippen LogP contribution >= 0.6 is 22.3 Å². The number of rotatable bonds is 3. The van der Waals surface area contributed by atoms with Crippen molar-refractivity contribution in [3.05, 3.63) is 28.5 Å². The first-order valence-electron chi connectivity index (χ1n) is 5.44. The van der Waals surface area contributed by atoms with Crippen molar-refractivity contribution < 1.29 is 17.6 Å². The van der Waals surface area contributed by atoms with Crippen LogP contribution in [-0.2, 0) is 9.05 Å². The molecule has 1 aromatic carbocycles. The molecule has 104 valence electrons. The Balaban J connectivity index is 2.38. The van der Waals surface area contributed by atoms with Crippen molar-refractivity contribution in [3.63, 3.8) is 0 Å². The Morgan fingerprint density at radius 1 is 1.47 bits per heavy atom. The molecule has 19 heavy (non-hydrogen) atoms. The van der Waals surface area contributed by atoms with Crippen molar-refractivity contribution >= 4 is 37.2 Å². The lowest BCUT2D eigenvalue weighted by Gasteiger charge is -2.08. The van der Waals surface area contributed by atoms with Crippen LogP contribution in [0, 0.1) is 11.7 Å². The molecule has 2 rings (SSSR count). The van der Waals surface area contributed by atoms with Crippen molar-refractivity contribution in [1.29, 1.82) is 0 Å². The van der Waals surface area contributed by atoms with Gasteiger partial charge in [-0.25, -0.2) is 12.8 Å². The second-order valence-electron chi connectivity index (χ2n) is 4.50. The molecule has 2 unspecified atom stereocenters. The Morgan fingerprint density at radius 2 is 2.05 bits per heavy atom. The highest BCUT2D eigenvalue weighted by molar-refractivity contribution is 8.13. The van der Waals surface area contributed by atoms with E-state index in [9.17, 15) is 17.6 Å². The average Bonchev–Trinajstić information content (AvgIpc) is 2.96. The summed E-state index contributed by atoms with van der Waals surface area (Å²) >= 11 is 5.68. The van der Waals surface area contributed by atoms with E-state index < -0.39 is 30.7 Å². The third-order valence-electron chi connectivity index (χ3n) is 2.95. The van der Waals surface area contributed by atoms with E-state index in [1.165, 1.54) is 0 Å². The van der Waals surface area contributed by atoms with Gasteiger partial charge in [0.05, 0.1) is 15.5 Å². The number of halogens is 3. The highest BCUT2D eigenvalue weighted by Crippen LogP contribution is 2.31. The summed E-state index contributed by atoms with van der Waals surface area (Å²) in [7, 11) is 1.00. The molecular weight excluding hydrogens is 316 g/mol. The van der Waals surface area contributed by atoms with E-state index in [1.54, 1.807) is 0 Å². The van der Waals surface area contributed by atoms with Crippen LogP contribution < -0.4 is 5.32 Å². The lowest BCUT2D eigenvalue weighted by molar-refractivity contribution is 0.0949. The number of benzene rings is 1. The van der Waals surface area contributed by atoms with Crippen LogP contribution in [0.2, 0.25) is 5.02 Å². The summed E-state index contributed by atoms with van der Waals surface area (Å²) in [6, 6.07) is 1.67. The van der Waals surface area contributed by atoms with E-state index in [1.807, 2.05) is 6.92 Å². The highest BCUT2D eigenvalue weighted by Gasteiger charge is 2.34. The number of hydrogen-bond donors (Lipinski definition) is 1. The lowest BCUT2D eigenvalue weighted by atomic mass is 10.2. The van der Waals surface area contributed by atoms with Crippen LogP contribution in [-0.4, -0.2) is 20.4 Å². The Bertz CT molecular complexity index is 648. The first kappa shape index (κ1) is 14.6. The first-order chi connectivity index (χ1) is 8.70. The van der Waals surface area contributed by atoms with Crippen LogP contribution in [0.4, 0.5) is 4.39 Å². The molecule has 0 aromatic heterocycles. The Hall–Kier alpha value is -0.850. The topological polar surface area (TPSA) is 63.2 Å². The minimum Gasteiger partial charge on any atom is -0.349 e. The third kappa shape index (κ3) is 3.19. The quantitative estimate of drug-likeness (QED) is 0.868. The molecule has 1 saturated carbocycles. The predicted octanol–water partition coefficient (Wildman–Crippen LogP) is 2.54. The van der Waals surface area contributed by atoms with E-state index in [-0.39, 0.29) is 11.6 Å². The van der Waals surface area contributed by atoms with Crippen LogP contribution in [0.5, 0.6) is 0 Å². The predicted molar refractivity (Wildman–Crippen MR) is 69.5 cm³/mol. The van der Waals surface area contributed by atoms with Crippen molar-refractivity contribution in [2.75, 3.05) is 0 Å². The largest absolute Gasteiger partial charge is 0.349 e. The summed E-state index contributed by atoms with van der Waals surface area (Å²) in [5.41, 5.74) is -0.236. The van der Waals surface area contributed by atoms with Gasteiger partial charge in [-0.05, 0) is 24.5 Å². The molecule has 8 heteroatoms. The molecule has 0 bridgehead atoms. The fraction of sp³-hybridized carbons (Fsp3) is 0.364. The summed E-state index contributed by atoms with van der Waals surface area (Å²) in [5, 5.41) is 2.22. The maximum atomic E-state index is 13.5. The Labute approximate surface area is 119 Å². The number of amides is 1. The monoisotopic (exact) mass is 325 g/mol. The van der Waals surface area contributed by atoms with Gasteiger partial charge in [-0.1, -0.05) is 18.5 Å². The normalized spacial score (nSPS) is 22.1. The molecule has 1 aromatic rings. The van der Waals surface area contributed by atoms with Gasteiger partial charge in [-0.2, -0.15) is 0 Å². The fourth-order valence-corrected chi connectivity index (χ4v) is 2.60. The van der Waals surface area contributed by atoms with Gasteiger partial charge < -0.3 is 5.32 Å². The second kappa shape index (κ2) is 4.92. The van der Waals surface area contributed by atoms with Crippen molar-refractivity contribution in [3.8, 4) is 0 Å². The van der Waals surface area contributed by atoms with Crippen LogP contribution in [0.15, 0.2) is 17.0 Å². The van der Waals surface area contributed by atoms with Crippen LogP contribution in [0.3, 0.4) is 0 Å². The maximum absolute atomic E-state index is 13.5. The summed E-state index contributed by atoms with van der Waals surface area (Å²) in [6.45, 7) is 1.95. The van der Waals surface area contributed by atoms with Crippen molar-refractivity contribution in [2.24, 2.45) is 5.92 Å². The molecule has 0 saturated heterocycles. The molecule has 2 atom stereocenters. The van der Waals surface area contributed by atoms with Gasteiger partial charge in [0.25, 0.3) is 15.0 Å². The summed E-state index contributed by atoms with van der Waals surface area (Å²) in [5.74, 6) is -1.26. The van der Waals surface area contributed by atoms with Crippen molar-refractivity contribution in [2.45, 2.75) is 24.3 Å². The zero-order chi connectivity index (χ0) is 14.4. The molecule has 4 nitrogen and oxygen atoms in total. The van der Waals surface area contributed by atoms with E-state index in [2.05, 4.69) is 5.32 Å². The summed E-state index contributed by atoms with van der Waals surface area (Å²) in [4.78, 5) is 11.4. The third-order valence-corrected chi connectivity index (χ3v) is 4.67. The average molecular weight is 326 g/mol. The van der Waals surface area contributed by atoms with Gasteiger partial charge in [0.1, 0.15) is 5.82 Å². The smallest absolute Gasteiger partial charge is 0.261 e. The maximum Gasteiger partial charge on any atom is 0.261 e. The van der Waals surface area contributed by atoms with Gasteiger partial charge in [-0.3, -0.25) is 4.79 Å². The van der Waals surface area contributed by atoms with E-state index in [0.717, 1.165) is 12.5 Å². The summed E-state index contributed by atoms with van der Waals surface area (Å²) in [6.07, 6.45) is 0.833. The second-order valence-corrected chi connectivity index (χ2v) is 7.44. The SMILES string of the molecule is CC1CC1NC(=O)c1cc(S(=O)(=O)Cl)cc(F)c1Cl. The van der Waals surface area contributed by atoms with Crippen LogP contribution in [0.25, 0.3) is 0 Å². The van der Waals surface area contributed by atoms with Gasteiger partial charge in [0.2, 0.25) is 0 Å². The van der Waals surface area contributed by atoms with E-state index in [0.29, 0.717) is 12.0 Å². The minimum atomic E-state index is -4.13. The molecule has 0 spiro atoms. The number of carbonyl (C=O) groups is 1. The van der Waals surface area contributed by atoms with Gasteiger partial charge >= 0.3 is 0 Å². The molecule has 1 aliphatic rings. The molecule has 0 aliphatic heterocycles. The molecule has 0 radical (unpaired) electrons. The van der Waals surface area contributed by atoms with Crippen molar-refractivity contribution in [1.82, 2.24) is 5.32 Å². The Kier molecular flexibility index (Phi) is 3.77. The standard InChI is InChI=1S/C11H10Cl2FNO3S/c1-5-2-9(5)15-11(16)7-3-6(19(13,17)18)4-8(14)10(7)12/h3-5,9H,2H2,1H3,(H,15,16). The van der Waals surface area contributed by atoms with Crippen LogP contribution in [0.1, 0.15) is 23.7 Å². The molecule has 1 aliphatic carbocycles. The number of carbonyl (C=O) groups excluding carboxylic acids is 1. The number of nitrogens with one attached hydrogen (secondary N) is 1. The molecule has 1 N–H and O–H groups in total. The zero-order valence-corrected chi connectivity index (χ0v) is 12.1. The Morgan fingerprint density at radius 3 is 2.53 bits per heavy atom. The minimum absolute atomic E-state index is 0.0166. The van der Waals surface area contributed by atoms with Gasteiger partial charge in [-0.15, -0.1) is 0 Å². The van der Waals surface area contributed by atoms with Gasteiger partial charge in [0.15, 0.2) is 0 Å².